The Bertz CT molecular complexity index is 1310. The van der Waals surface area contributed by atoms with Crippen molar-refractivity contribution in [3.05, 3.63) is 77.2 Å². The summed E-state index contributed by atoms with van der Waals surface area (Å²) >= 11 is 0. The lowest BCUT2D eigenvalue weighted by Gasteiger charge is -2.10. The molecule has 31 heavy (non-hydrogen) atoms. The van der Waals surface area contributed by atoms with Crippen molar-refractivity contribution in [3.8, 4) is 23.1 Å². The van der Waals surface area contributed by atoms with Crippen LogP contribution in [0.15, 0.2) is 54.7 Å². The number of rotatable bonds is 2. The fourth-order valence-electron chi connectivity index (χ4n) is 2.83. The molecule has 0 atom stereocenters. The van der Waals surface area contributed by atoms with Crippen LogP contribution in [0.25, 0.3) is 16.9 Å². The van der Waals surface area contributed by atoms with Gasteiger partial charge in [0.25, 0.3) is 6.43 Å². The van der Waals surface area contributed by atoms with Crippen molar-refractivity contribution in [3.63, 3.8) is 0 Å². The fraction of sp³-hybridized carbons (Fsp3) is 0.0952. The maximum atomic E-state index is 13.6. The first-order chi connectivity index (χ1) is 14.7. The van der Waals surface area contributed by atoms with Gasteiger partial charge >= 0.3 is 6.18 Å². The first-order valence-electron chi connectivity index (χ1n) is 8.81. The molecule has 0 saturated heterocycles. The number of alkyl halides is 5. The zero-order chi connectivity index (χ0) is 22.2. The third-order valence-electron chi connectivity index (χ3n) is 4.29. The highest BCUT2D eigenvalue weighted by Crippen LogP contribution is 2.33. The smallest absolute Gasteiger partial charge is 0.384 e. The van der Waals surface area contributed by atoms with Gasteiger partial charge in [-0.05, 0) is 36.3 Å². The van der Waals surface area contributed by atoms with E-state index in [4.69, 9.17) is 5.73 Å². The third-order valence-corrected chi connectivity index (χ3v) is 4.29. The summed E-state index contributed by atoms with van der Waals surface area (Å²) in [5.41, 5.74) is 4.85. The number of anilines is 1. The average Bonchev–Trinajstić information content (AvgIpc) is 3.15. The first kappa shape index (κ1) is 20.3. The number of nitrogens with zero attached hydrogens (tertiary/aromatic N) is 4. The van der Waals surface area contributed by atoms with Crippen LogP contribution >= 0.6 is 0 Å². The lowest BCUT2D eigenvalue weighted by Crippen LogP contribution is -2.05. The summed E-state index contributed by atoms with van der Waals surface area (Å²) in [4.78, 5) is 8.10. The van der Waals surface area contributed by atoms with E-state index in [1.165, 1.54) is 24.4 Å². The van der Waals surface area contributed by atoms with Crippen molar-refractivity contribution in [2.45, 2.75) is 12.6 Å². The average molecular weight is 429 g/mol. The maximum absolute atomic E-state index is 13.6. The highest BCUT2D eigenvalue weighted by atomic mass is 19.4. The van der Waals surface area contributed by atoms with E-state index in [2.05, 4.69) is 26.9 Å². The van der Waals surface area contributed by atoms with Gasteiger partial charge < -0.3 is 5.73 Å². The van der Waals surface area contributed by atoms with E-state index in [1.807, 2.05) is 0 Å². The minimum Gasteiger partial charge on any atom is -0.384 e. The molecular formula is C21H12F5N5. The molecule has 0 radical (unpaired) electrons. The molecule has 0 aliphatic carbocycles. The molecular weight excluding hydrogens is 417 g/mol. The fourth-order valence-corrected chi connectivity index (χ4v) is 2.83. The molecule has 0 saturated carbocycles. The van der Waals surface area contributed by atoms with Gasteiger partial charge in [-0.25, -0.2) is 23.3 Å². The molecule has 0 unspecified atom stereocenters. The van der Waals surface area contributed by atoms with Gasteiger partial charge in [-0.1, -0.05) is 18.1 Å². The topological polar surface area (TPSA) is 69.1 Å². The second-order valence-corrected chi connectivity index (χ2v) is 6.47. The Hall–Kier alpha value is -4.00. The predicted molar refractivity (Wildman–Crippen MR) is 103 cm³/mol. The number of nitrogen functional groups attached to an aromatic ring is 1. The van der Waals surface area contributed by atoms with Crippen molar-refractivity contribution < 1.29 is 22.0 Å². The summed E-state index contributed by atoms with van der Waals surface area (Å²) in [6.45, 7) is 0. The SMILES string of the molecule is Nc1ccc(C#Cc2cc3nc(-c4cccc(C(F)(F)F)c4)cc(C(F)F)n3n2)cn1. The molecule has 0 spiro atoms. The molecule has 0 aliphatic heterocycles. The number of hydrogen-bond donors (Lipinski definition) is 1. The summed E-state index contributed by atoms with van der Waals surface area (Å²) in [5.74, 6) is 5.84. The number of pyridine rings is 1. The van der Waals surface area contributed by atoms with E-state index >= 15 is 0 Å². The van der Waals surface area contributed by atoms with Crippen molar-refractivity contribution >= 4 is 11.5 Å². The number of aromatic nitrogens is 4. The molecule has 0 bridgehead atoms. The quantitative estimate of drug-likeness (QED) is 0.370. The summed E-state index contributed by atoms with van der Waals surface area (Å²) in [5, 5.41) is 4.03. The maximum Gasteiger partial charge on any atom is 0.416 e. The predicted octanol–water partition coefficient (Wildman–Crippen LogP) is 4.73. The standard InChI is InChI=1S/C21H12F5N5/c22-20(23)17-10-16(13-2-1-3-14(8-13)21(24,25)26)29-19-9-15(30-31(17)19)6-4-12-5-7-18(27)28-11-12/h1-3,5,7-11,20H,(H2,27,28). The van der Waals surface area contributed by atoms with Crippen molar-refractivity contribution in [2.24, 2.45) is 0 Å². The van der Waals surface area contributed by atoms with Crippen LogP contribution in [0.4, 0.5) is 27.8 Å². The van der Waals surface area contributed by atoms with Crippen LogP contribution in [0.3, 0.4) is 0 Å². The number of nitrogens with two attached hydrogens (primary N) is 1. The zero-order valence-electron chi connectivity index (χ0n) is 15.5. The number of benzene rings is 1. The minimum absolute atomic E-state index is 0.0314. The molecule has 4 rings (SSSR count). The van der Waals surface area contributed by atoms with Gasteiger partial charge in [-0.2, -0.15) is 18.3 Å². The third kappa shape index (κ3) is 4.30. The monoisotopic (exact) mass is 429 g/mol. The first-order valence-corrected chi connectivity index (χ1v) is 8.81. The molecule has 3 aromatic heterocycles. The van der Waals surface area contributed by atoms with Crippen LogP contribution in [0.2, 0.25) is 0 Å². The van der Waals surface area contributed by atoms with Crippen molar-refractivity contribution in [1.82, 2.24) is 19.6 Å². The highest BCUT2D eigenvalue weighted by molar-refractivity contribution is 5.64. The molecule has 2 N–H and O–H groups in total. The molecule has 1 aromatic carbocycles. The van der Waals surface area contributed by atoms with E-state index in [-0.39, 0.29) is 22.6 Å². The Kier molecular flexibility index (Phi) is 5.02. The van der Waals surface area contributed by atoms with Crippen LogP contribution < -0.4 is 5.73 Å². The van der Waals surface area contributed by atoms with Gasteiger partial charge in [-0.3, -0.25) is 0 Å². The van der Waals surface area contributed by atoms with E-state index in [9.17, 15) is 22.0 Å². The largest absolute Gasteiger partial charge is 0.416 e. The molecule has 10 heteroatoms. The zero-order valence-corrected chi connectivity index (χ0v) is 15.5. The number of fused-ring (bicyclic) bond motifs is 1. The Morgan fingerprint density at radius 1 is 1.00 bits per heavy atom. The minimum atomic E-state index is -4.57. The molecule has 156 valence electrons. The van der Waals surface area contributed by atoms with Gasteiger partial charge in [-0.15, -0.1) is 0 Å². The van der Waals surface area contributed by atoms with Gasteiger partial charge in [0.1, 0.15) is 17.2 Å². The van der Waals surface area contributed by atoms with Gasteiger partial charge in [0, 0.05) is 23.4 Å². The Morgan fingerprint density at radius 3 is 2.48 bits per heavy atom. The molecule has 3 heterocycles. The second kappa shape index (κ2) is 7.68. The Balaban J connectivity index is 1.79. The summed E-state index contributed by atoms with van der Waals surface area (Å²) in [6.07, 6.45) is -6.05. The van der Waals surface area contributed by atoms with Crippen molar-refractivity contribution in [1.29, 1.82) is 0 Å². The van der Waals surface area contributed by atoms with E-state index in [1.54, 1.807) is 12.1 Å². The molecule has 5 nitrogen and oxygen atoms in total. The molecule has 0 fully saturated rings. The number of halogens is 5. The van der Waals surface area contributed by atoms with Crippen LogP contribution in [-0.4, -0.2) is 19.6 Å². The summed E-state index contributed by atoms with van der Waals surface area (Å²) in [7, 11) is 0. The second-order valence-electron chi connectivity index (χ2n) is 6.47. The van der Waals surface area contributed by atoms with Gasteiger partial charge in [0.2, 0.25) is 0 Å². The van der Waals surface area contributed by atoms with E-state index in [0.29, 0.717) is 11.4 Å². The van der Waals surface area contributed by atoms with Gasteiger partial charge in [0.05, 0.1) is 11.3 Å². The van der Waals surface area contributed by atoms with Crippen LogP contribution in [0.1, 0.15) is 28.9 Å². The lowest BCUT2D eigenvalue weighted by atomic mass is 10.1. The number of hydrogen-bond acceptors (Lipinski definition) is 4. The summed E-state index contributed by atoms with van der Waals surface area (Å²) in [6, 6.07) is 9.91. The van der Waals surface area contributed by atoms with Gasteiger partial charge in [0.15, 0.2) is 5.65 Å². The molecule has 0 amide bonds. The molecule has 0 aliphatic rings. The van der Waals surface area contributed by atoms with Crippen LogP contribution in [-0.2, 0) is 6.18 Å². The molecule has 4 aromatic rings. The lowest BCUT2D eigenvalue weighted by molar-refractivity contribution is -0.137. The Morgan fingerprint density at radius 2 is 1.81 bits per heavy atom. The van der Waals surface area contributed by atoms with Crippen molar-refractivity contribution in [2.75, 3.05) is 5.73 Å². The van der Waals surface area contributed by atoms with E-state index in [0.717, 1.165) is 22.7 Å². The highest BCUT2D eigenvalue weighted by Gasteiger charge is 2.30. The van der Waals surface area contributed by atoms with Crippen LogP contribution in [0.5, 0.6) is 0 Å². The van der Waals surface area contributed by atoms with E-state index < -0.39 is 23.9 Å². The summed E-state index contributed by atoms with van der Waals surface area (Å²) < 4.78 is 67.2. The van der Waals surface area contributed by atoms with Crippen LogP contribution in [0, 0.1) is 11.8 Å². The normalized spacial score (nSPS) is 11.5. The Labute approximate surface area is 172 Å².